The summed E-state index contributed by atoms with van der Waals surface area (Å²) in [5.74, 6) is -2.96. The molecule has 0 spiro atoms. The molecule has 0 saturated carbocycles. The molecule has 1 aromatic rings. The van der Waals surface area contributed by atoms with Crippen molar-refractivity contribution in [1.82, 2.24) is 0 Å². The number of aliphatic imine (C=N–C) groups is 2. The molecule has 0 saturated heterocycles. The van der Waals surface area contributed by atoms with Gasteiger partial charge in [-0.25, -0.2) is 0 Å². The number of carbonyl (C=O) groups excluding carboxylic acids is 4. The van der Waals surface area contributed by atoms with Crippen LogP contribution in [0.5, 0.6) is 0 Å². The minimum absolute atomic E-state index is 0.291. The maximum atomic E-state index is 11.4. The van der Waals surface area contributed by atoms with Crippen molar-refractivity contribution in [2.75, 3.05) is 0 Å². The van der Waals surface area contributed by atoms with Crippen LogP contribution in [0, 0.1) is 11.8 Å². The molecule has 0 radical (unpaired) electrons. The summed E-state index contributed by atoms with van der Waals surface area (Å²) < 4.78 is 0. The van der Waals surface area contributed by atoms with E-state index in [0.29, 0.717) is 11.4 Å². The maximum Gasteiger partial charge on any atom is 0.145 e. The largest absolute Gasteiger partial charge is 0.299 e. The summed E-state index contributed by atoms with van der Waals surface area (Å²) in [7, 11) is 0. The summed E-state index contributed by atoms with van der Waals surface area (Å²) in [4.78, 5) is 54.1. The maximum absolute atomic E-state index is 11.4. The molecule has 0 heterocycles. The summed E-state index contributed by atoms with van der Waals surface area (Å²) in [5, 5.41) is 0. The lowest BCUT2D eigenvalue weighted by molar-refractivity contribution is -0.129. The third kappa shape index (κ3) is 5.46. The van der Waals surface area contributed by atoms with Crippen molar-refractivity contribution >= 4 is 46.9 Å². The normalized spacial score (nSPS) is 11.6. The number of benzene rings is 1. The lowest BCUT2D eigenvalue weighted by Crippen LogP contribution is -2.20. The quantitative estimate of drug-likeness (QED) is 0.541. The number of Topliss-reactive ketones (excluding diaryl/α,β-unsaturated/α-hetero) is 4. The van der Waals surface area contributed by atoms with Crippen molar-refractivity contribution in [1.29, 1.82) is 0 Å². The van der Waals surface area contributed by atoms with Crippen molar-refractivity contribution in [2.24, 2.45) is 21.8 Å². The molecule has 0 N–H and O–H groups in total. The lowest BCUT2D eigenvalue weighted by atomic mass is 10.0. The van der Waals surface area contributed by atoms with Crippen LogP contribution < -0.4 is 0 Å². The van der Waals surface area contributed by atoms with Gasteiger partial charge in [0.1, 0.15) is 35.0 Å². The molecule has 0 unspecified atom stereocenters. The van der Waals surface area contributed by atoms with Crippen LogP contribution in [0.25, 0.3) is 0 Å². The number of ketones is 4. The van der Waals surface area contributed by atoms with Crippen LogP contribution in [0.15, 0.2) is 34.3 Å². The van der Waals surface area contributed by atoms with Gasteiger partial charge in [-0.15, -0.1) is 0 Å². The standard InChI is InChI=1S/C18H20N2O4/c1-11(21)15(12(2)22)9-19-17-7-5-6-8-18(17)20-10-16(13(3)23)14(4)24/h5-10,15-16H,1-4H3. The molecule has 126 valence electrons. The smallest absolute Gasteiger partial charge is 0.145 e. The highest BCUT2D eigenvalue weighted by Crippen LogP contribution is 2.27. The molecule has 24 heavy (non-hydrogen) atoms. The van der Waals surface area contributed by atoms with Gasteiger partial charge in [0.2, 0.25) is 0 Å². The van der Waals surface area contributed by atoms with Crippen LogP contribution in [-0.4, -0.2) is 35.6 Å². The van der Waals surface area contributed by atoms with Crippen LogP contribution in [0.4, 0.5) is 11.4 Å². The molecule has 1 aromatic carbocycles. The van der Waals surface area contributed by atoms with Crippen molar-refractivity contribution in [3.63, 3.8) is 0 Å². The van der Waals surface area contributed by atoms with Gasteiger partial charge in [-0.2, -0.15) is 0 Å². The minimum Gasteiger partial charge on any atom is -0.299 e. The van der Waals surface area contributed by atoms with E-state index in [1.54, 1.807) is 24.3 Å². The number of hydrogen-bond donors (Lipinski definition) is 0. The molecule has 0 aliphatic heterocycles. The van der Waals surface area contributed by atoms with Gasteiger partial charge in [0.05, 0.1) is 11.4 Å². The van der Waals surface area contributed by atoms with E-state index in [4.69, 9.17) is 0 Å². The molecule has 0 bridgehead atoms. The van der Waals surface area contributed by atoms with E-state index in [-0.39, 0.29) is 23.1 Å². The van der Waals surface area contributed by atoms with E-state index in [1.807, 2.05) is 0 Å². The third-order valence-electron chi connectivity index (χ3n) is 3.36. The Bertz CT molecular complexity index is 630. The topological polar surface area (TPSA) is 93.0 Å². The predicted molar refractivity (Wildman–Crippen MR) is 92.5 cm³/mol. The Morgan fingerprint density at radius 3 is 1.25 bits per heavy atom. The number of rotatable bonds is 8. The lowest BCUT2D eigenvalue weighted by Gasteiger charge is -2.05. The summed E-state index contributed by atoms with van der Waals surface area (Å²) in [6, 6.07) is 6.79. The fourth-order valence-electron chi connectivity index (χ4n) is 1.98. The number of carbonyl (C=O) groups is 4. The Labute approximate surface area is 140 Å². The van der Waals surface area contributed by atoms with Crippen LogP contribution in [0.3, 0.4) is 0 Å². The molecular weight excluding hydrogens is 308 g/mol. The first kappa shape index (κ1) is 19.3. The Morgan fingerprint density at radius 2 is 1.00 bits per heavy atom. The summed E-state index contributed by atoms with van der Waals surface area (Å²) >= 11 is 0. The zero-order chi connectivity index (χ0) is 18.3. The van der Waals surface area contributed by atoms with Crippen molar-refractivity contribution in [3.8, 4) is 0 Å². The molecule has 0 amide bonds. The zero-order valence-corrected chi connectivity index (χ0v) is 14.1. The first-order valence-electron chi connectivity index (χ1n) is 7.43. The average molecular weight is 328 g/mol. The highest BCUT2D eigenvalue weighted by molar-refractivity contribution is 6.14. The highest BCUT2D eigenvalue weighted by Gasteiger charge is 2.18. The third-order valence-corrected chi connectivity index (χ3v) is 3.36. The summed E-state index contributed by atoms with van der Waals surface area (Å²) in [5.41, 5.74) is 0.874. The molecule has 0 aliphatic carbocycles. The van der Waals surface area contributed by atoms with E-state index in [2.05, 4.69) is 9.98 Å². The molecule has 6 heteroatoms. The molecule has 0 aliphatic rings. The minimum atomic E-state index is -0.899. The predicted octanol–water partition coefficient (Wildman–Crippen LogP) is 2.68. The van der Waals surface area contributed by atoms with Crippen molar-refractivity contribution < 1.29 is 19.2 Å². The van der Waals surface area contributed by atoms with E-state index in [1.165, 1.54) is 40.1 Å². The van der Waals surface area contributed by atoms with E-state index in [9.17, 15) is 19.2 Å². The fraction of sp³-hybridized carbons (Fsp3) is 0.333. The second-order valence-corrected chi connectivity index (χ2v) is 5.44. The molecule has 0 aromatic heterocycles. The van der Waals surface area contributed by atoms with Gasteiger partial charge >= 0.3 is 0 Å². The molecule has 6 nitrogen and oxygen atoms in total. The fourth-order valence-corrected chi connectivity index (χ4v) is 1.98. The Hall–Kier alpha value is -2.76. The Morgan fingerprint density at radius 1 is 0.708 bits per heavy atom. The van der Waals surface area contributed by atoms with Crippen molar-refractivity contribution in [3.05, 3.63) is 24.3 Å². The first-order valence-corrected chi connectivity index (χ1v) is 7.43. The average Bonchev–Trinajstić information content (AvgIpc) is 2.47. The summed E-state index contributed by atoms with van der Waals surface area (Å²) in [6.45, 7) is 5.30. The van der Waals surface area contributed by atoms with Gasteiger partial charge in [-0.3, -0.25) is 29.2 Å². The molecule has 0 fully saturated rings. The highest BCUT2D eigenvalue weighted by atomic mass is 16.2. The second kappa shape index (κ2) is 8.76. The second-order valence-electron chi connectivity index (χ2n) is 5.44. The Kier molecular flexibility index (Phi) is 7.04. The SMILES string of the molecule is CC(=O)C(C=Nc1ccccc1N=CC(C(C)=O)C(C)=O)C(C)=O. The van der Waals surface area contributed by atoms with Crippen LogP contribution in [0.1, 0.15) is 27.7 Å². The molecular formula is C18H20N2O4. The van der Waals surface area contributed by atoms with Crippen LogP contribution >= 0.6 is 0 Å². The van der Waals surface area contributed by atoms with Gasteiger partial charge in [-0.1, -0.05) is 12.1 Å². The van der Waals surface area contributed by atoms with E-state index >= 15 is 0 Å². The van der Waals surface area contributed by atoms with Gasteiger partial charge in [0, 0.05) is 12.4 Å². The van der Waals surface area contributed by atoms with Crippen LogP contribution in [-0.2, 0) is 19.2 Å². The van der Waals surface area contributed by atoms with E-state index in [0.717, 1.165) is 0 Å². The van der Waals surface area contributed by atoms with Gasteiger partial charge in [0.25, 0.3) is 0 Å². The van der Waals surface area contributed by atoms with E-state index < -0.39 is 11.8 Å². The number of nitrogens with zero attached hydrogens (tertiary/aromatic N) is 2. The number of hydrogen-bond acceptors (Lipinski definition) is 6. The molecule has 0 atom stereocenters. The van der Waals surface area contributed by atoms with Gasteiger partial charge < -0.3 is 0 Å². The summed E-state index contributed by atoms with van der Waals surface area (Å²) in [6.07, 6.45) is 2.57. The monoisotopic (exact) mass is 328 g/mol. The van der Waals surface area contributed by atoms with Crippen molar-refractivity contribution in [2.45, 2.75) is 27.7 Å². The van der Waals surface area contributed by atoms with Gasteiger partial charge in [-0.05, 0) is 39.8 Å². The number of para-hydroxylation sites is 2. The van der Waals surface area contributed by atoms with Gasteiger partial charge in [0.15, 0.2) is 0 Å². The van der Waals surface area contributed by atoms with Crippen LogP contribution in [0.2, 0.25) is 0 Å². The Balaban J connectivity index is 3.12. The molecule has 1 rings (SSSR count). The zero-order valence-electron chi connectivity index (χ0n) is 14.1. The first-order chi connectivity index (χ1) is 11.2.